The molecule has 0 heterocycles. The van der Waals surface area contributed by atoms with Crippen LogP contribution in [0.3, 0.4) is 0 Å². The van der Waals surface area contributed by atoms with Crippen molar-refractivity contribution in [2.24, 2.45) is 0 Å². The molecular weight excluding hydrogens is 274 g/mol. The molecular formula is C19H39NO2. The van der Waals surface area contributed by atoms with Crippen LogP contribution in [0.15, 0.2) is 0 Å². The van der Waals surface area contributed by atoms with Crippen molar-refractivity contribution < 1.29 is 9.53 Å². The zero-order chi connectivity index (χ0) is 16.5. The lowest BCUT2D eigenvalue weighted by Crippen LogP contribution is -2.28. The predicted molar refractivity (Wildman–Crippen MR) is 95.3 cm³/mol. The largest absolute Gasteiger partial charge is 0.449 e. The highest BCUT2D eigenvalue weighted by atomic mass is 16.6. The van der Waals surface area contributed by atoms with Crippen LogP contribution in [0.25, 0.3) is 0 Å². The Kier molecular flexibility index (Phi) is 16.1. The minimum absolute atomic E-state index is 0.160. The summed E-state index contributed by atoms with van der Waals surface area (Å²) in [6.07, 6.45) is 16.3. The molecule has 0 fully saturated rings. The second-order valence-electron chi connectivity index (χ2n) is 6.43. The molecule has 0 aromatic carbocycles. The van der Waals surface area contributed by atoms with Gasteiger partial charge in [-0.15, -0.1) is 0 Å². The lowest BCUT2D eigenvalue weighted by atomic mass is 10.1. The number of ether oxygens (including phenoxy) is 1. The van der Waals surface area contributed by atoms with E-state index in [0.29, 0.717) is 6.61 Å². The second-order valence-corrected chi connectivity index (χ2v) is 6.43. The number of amides is 1. The van der Waals surface area contributed by atoms with Crippen LogP contribution in [0.5, 0.6) is 0 Å². The van der Waals surface area contributed by atoms with E-state index in [1.165, 1.54) is 70.6 Å². The number of carbonyl (C=O) groups is 1. The molecule has 0 aliphatic carbocycles. The fourth-order valence-corrected chi connectivity index (χ4v) is 2.55. The van der Waals surface area contributed by atoms with Crippen molar-refractivity contribution in [3.8, 4) is 0 Å². The van der Waals surface area contributed by atoms with Crippen LogP contribution in [0, 0.1) is 0 Å². The number of unbranched alkanes of at least 4 members (excludes halogenated alkanes) is 11. The topological polar surface area (TPSA) is 29.5 Å². The monoisotopic (exact) mass is 313 g/mol. The number of nitrogens with zero attached hydrogens (tertiary/aromatic N) is 1. The van der Waals surface area contributed by atoms with E-state index in [0.717, 1.165) is 19.4 Å². The summed E-state index contributed by atoms with van der Waals surface area (Å²) in [5.41, 5.74) is 0. The lowest BCUT2D eigenvalue weighted by Gasteiger charge is -2.16. The van der Waals surface area contributed by atoms with Gasteiger partial charge in [0.05, 0.1) is 6.61 Å². The number of hydrogen-bond donors (Lipinski definition) is 0. The third-order valence-electron chi connectivity index (χ3n) is 4.13. The molecule has 0 spiro atoms. The molecule has 0 radical (unpaired) electrons. The third-order valence-corrected chi connectivity index (χ3v) is 4.13. The van der Waals surface area contributed by atoms with Crippen LogP contribution in [0.1, 0.15) is 97.3 Å². The summed E-state index contributed by atoms with van der Waals surface area (Å²) in [5.74, 6) is 0. The first kappa shape index (κ1) is 21.3. The quantitative estimate of drug-likeness (QED) is 0.338. The van der Waals surface area contributed by atoms with Gasteiger partial charge in [0, 0.05) is 13.6 Å². The van der Waals surface area contributed by atoms with E-state index in [-0.39, 0.29) is 6.09 Å². The van der Waals surface area contributed by atoms with E-state index >= 15 is 0 Å². The van der Waals surface area contributed by atoms with Gasteiger partial charge < -0.3 is 9.64 Å². The van der Waals surface area contributed by atoms with Crippen molar-refractivity contribution in [3.63, 3.8) is 0 Å². The highest BCUT2D eigenvalue weighted by Gasteiger charge is 2.08. The predicted octanol–water partition coefficient (Wildman–Crippen LogP) is 6.17. The van der Waals surface area contributed by atoms with E-state index in [4.69, 9.17) is 4.74 Å². The first-order valence-electron chi connectivity index (χ1n) is 9.60. The smallest absolute Gasteiger partial charge is 0.409 e. The Morgan fingerprint density at radius 3 is 1.73 bits per heavy atom. The summed E-state index contributed by atoms with van der Waals surface area (Å²) >= 11 is 0. The summed E-state index contributed by atoms with van der Waals surface area (Å²) in [6.45, 7) is 5.82. The van der Waals surface area contributed by atoms with Gasteiger partial charge in [0.2, 0.25) is 0 Å². The molecule has 3 heteroatoms. The van der Waals surface area contributed by atoms with E-state index in [2.05, 4.69) is 13.8 Å². The molecule has 0 aliphatic heterocycles. The van der Waals surface area contributed by atoms with Crippen molar-refractivity contribution in [1.29, 1.82) is 0 Å². The van der Waals surface area contributed by atoms with Crippen molar-refractivity contribution in [2.45, 2.75) is 97.3 Å². The molecule has 0 bridgehead atoms. The van der Waals surface area contributed by atoms with Crippen molar-refractivity contribution in [2.75, 3.05) is 20.2 Å². The minimum Gasteiger partial charge on any atom is -0.449 e. The van der Waals surface area contributed by atoms with Crippen molar-refractivity contribution in [1.82, 2.24) is 4.90 Å². The average molecular weight is 314 g/mol. The average Bonchev–Trinajstić information content (AvgIpc) is 2.52. The first-order valence-corrected chi connectivity index (χ1v) is 9.60. The molecule has 0 N–H and O–H groups in total. The maximum Gasteiger partial charge on any atom is 0.409 e. The number of carbonyl (C=O) groups excluding carboxylic acids is 1. The minimum atomic E-state index is -0.160. The molecule has 0 unspecified atom stereocenters. The summed E-state index contributed by atoms with van der Waals surface area (Å²) in [6, 6.07) is 0. The zero-order valence-electron chi connectivity index (χ0n) is 15.4. The fraction of sp³-hybridized carbons (Fsp3) is 0.947. The SMILES string of the molecule is CCCCCCCCCCCCOC(=O)N(C)CCCCC. The molecule has 0 aromatic heterocycles. The Morgan fingerprint density at radius 1 is 0.727 bits per heavy atom. The molecule has 0 rings (SSSR count). The zero-order valence-corrected chi connectivity index (χ0v) is 15.4. The summed E-state index contributed by atoms with van der Waals surface area (Å²) in [5, 5.41) is 0. The van der Waals surface area contributed by atoms with Gasteiger partial charge in [-0.3, -0.25) is 0 Å². The highest BCUT2D eigenvalue weighted by Crippen LogP contribution is 2.10. The molecule has 0 aliphatic rings. The fourth-order valence-electron chi connectivity index (χ4n) is 2.55. The maximum absolute atomic E-state index is 11.7. The normalized spacial score (nSPS) is 10.7. The molecule has 0 aromatic rings. The van der Waals surface area contributed by atoms with Gasteiger partial charge in [0.15, 0.2) is 0 Å². The Morgan fingerprint density at radius 2 is 1.18 bits per heavy atom. The Labute approximate surface area is 138 Å². The summed E-state index contributed by atoms with van der Waals surface area (Å²) in [7, 11) is 1.83. The van der Waals surface area contributed by atoms with Crippen LogP contribution in [0.4, 0.5) is 4.79 Å². The Bertz CT molecular complexity index is 244. The molecule has 0 saturated carbocycles. The van der Waals surface area contributed by atoms with Crippen LogP contribution in [-0.4, -0.2) is 31.2 Å². The number of rotatable bonds is 15. The van der Waals surface area contributed by atoms with Crippen LogP contribution in [-0.2, 0) is 4.74 Å². The van der Waals surface area contributed by atoms with E-state index in [9.17, 15) is 4.79 Å². The van der Waals surface area contributed by atoms with Crippen molar-refractivity contribution in [3.05, 3.63) is 0 Å². The number of hydrogen-bond acceptors (Lipinski definition) is 2. The highest BCUT2D eigenvalue weighted by molar-refractivity contribution is 5.67. The van der Waals surface area contributed by atoms with Gasteiger partial charge in [-0.25, -0.2) is 4.79 Å². The van der Waals surface area contributed by atoms with Gasteiger partial charge in [0.25, 0.3) is 0 Å². The van der Waals surface area contributed by atoms with Crippen LogP contribution < -0.4 is 0 Å². The standard InChI is InChI=1S/C19H39NO2/c1-4-6-8-9-10-11-12-13-14-16-18-22-19(21)20(3)17-15-7-5-2/h4-18H2,1-3H3. The van der Waals surface area contributed by atoms with E-state index in [1.54, 1.807) is 4.90 Å². The summed E-state index contributed by atoms with van der Waals surface area (Å²) in [4.78, 5) is 13.4. The molecule has 0 saturated heterocycles. The second kappa shape index (κ2) is 16.6. The molecule has 0 atom stereocenters. The van der Waals surface area contributed by atoms with Gasteiger partial charge in [-0.2, -0.15) is 0 Å². The third kappa shape index (κ3) is 14.2. The lowest BCUT2D eigenvalue weighted by molar-refractivity contribution is 0.108. The van der Waals surface area contributed by atoms with Gasteiger partial charge in [0.1, 0.15) is 0 Å². The van der Waals surface area contributed by atoms with Gasteiger partial charge in [-0.1, -0.05) is 84.5 Å². The Hall–Kier alpha value is -0.730. The van der Waals surface area contributed by atoms with Crippen molar-refractivity contribution >= 4 is 6.09 Å². The van der Waals surface area contributed by atoms with E-state index in [1.807, 2.05) is 7.05 Å². The first-order chi connectivity index (χ1) is 10.7. The summed E-state index contributed by atoms with van der Waals surface area (Å²) < 4.78 is 5.29. The van der Waals surface area contributed by atoms with E-state index < -0.39 is 0 Å². The Balaban J connectivity index is 3.26. The molecule has 132 valence electrons. The van der Waals surface area contributed by atoms with Crippen LogP contribution >= 0.6 is 0 Å². The molecule has 3 nitrogen and oxygen atoms in total. The van der Waals surface area contributed by atoms with Gasteiger partial charge >= 0.3 is 6.09 Å². The molecule has 22 heavy (non-hydrogen) atoms. The van der Waals surface area contributed by atoms with Crippen LogP contribution in [0.2, 0.25) is 0 Å². The molecule has 1 amide bonds. The maximum atomic E-state index is 11.7. The van der Waals surface area contributed by atoms with Gasteiger partial charge in [-0.05, 0) is 12.8 Å².